The predicted octanol–water partition coefficient (Wildman–Crippen LogP) is 1.76. The van der Waals surface area contributed by atoms with Crippen molar-refractivity contribution in [2.24, 2.45) is 11.8 Å². The second-order valence-corrected chi connectivity index (χ2v) is 7.22. The molecule has 4 rings (SSSR count). The van der Waals surface area contributed by atoms with Crippen molar-refractivity contribution in [2.75, 3.05) is 6.61 Å². The number of nitrogens with zero attached hydrogens (tertiary/aromatic N) is 1. The number of allylic oxidation sites excluding steroid dienone is 2. The summed E-state index contributed by atoms with van der Waals surface area (Å²) in [6, 6.07) is 6.04. The summed E-state index contributed by atoms with van der Waals surface area (Å²) in [5.74, 6) is -5.89. The number of rotatable bonds is 2. The lowest BCUT2D eigenvalue weighted by atomic mass is 9.65. The van der Waals surface area contributed by atoms with E-state index in [0.717, 1.165) is 0 Å². The van der Waals surface area contributed by atoms with Crippen LogP contribution in [0.25, 0.3) is 0 Å². The highest BCUT2D eigenvalue weighted by Gasteiger charge is 2.57. The molecule has 28 heavy (non-hydrogen) atoms. The number of ketones is 3. The molecule has 3 N–H and O–H groups in total. The first kappa shape index (κ1) is 17.9. The van der Waals surface area contributed by atoms with Crippen molar-refractivity contribution < 1.29 is 34.4 Å². The van der Waals surface area contributed by atoms with Crippen molar-refractivity contribution in [1.82, 2.24) is 0 Å². The number of hydrogen-bond acceptors (Lipinski definition) is 8. The highest BCUT2D eigenvalue weighted by Crippen LogP contribution is 2.54. The van der Waals surface area contributed by atoms with E-state index >= 15 is 0 Å². The van der Waals surface area contributed by atoms with Crippen molar-refractivity contribution in [2.45, 2.75) is 18.9 Å². The van der Waals surface area contributed by atoms with E-state index < -0.39 is 46.1 Å². The number of phenols is 1. The first-order valence-electron chi connectivity index (χ1n) is 8.57. The summed E-state index contributed by atoms with van der Waals surface area (Å²) in [4.78, 5) is 37.5. The molecule has 0 saturated carbocycles. The van der Waals surface area contributed by atoms with Gasteiger partial charge < -0.3 is 20.1 Å². The van der Waals surface area contributed by atoms with Crippen LogP contribution < -0.4 is 0 Å². The predicted molar refractivity (Wildman–Crippen MR) is 92.3 cm³/mol. The van der Waals surface area contributed by atoms with Crippen molar-refractivity contribution in [3.63, 3.8) is 0 Å². The average Bonchev–Trinajstić information content (AvgIpc) is 2.95. The highest BCUT2D eigenvalue weighted by molar-refractivity contribution is 6.24. The Morgan fingerprint density at radius 3 is 2.57 bits per heavy atom. The quantitative estimate of drug-likeness (QED) is 0.657. The molecule has 1 heterocycles. The number of carbonyl (C=O) groups is 3. The molecule has 2 bridgehead atoms. The van der Waals surface area contributed by atoms with E-state index in [9.17, 15) is 29.7 Å². The summed E-state index contributed by atoms with van der Waals surface area (Å²) in [6.07, 6.45) is -0.207. The highest BCUT2D eigenvalue weighted by atomic mass is 16.5. The largest absolute Gasteiger partial charge is 0.507 e. The van der Waals surface area contributed by atoms with E-state index in [4.69, 9.17) is 10.00 Å². The van der Waals surface area contributed by atoms with Gasteiger partial charge in [0.1, 0.15) is 17.4 Å². The minimum Gasteiger partial charge on any atom is -0.507 e. The van der Waals surface area contributed by atoms with Crippen molar-refractivity contribution in [3.05, 3.63) is 52.0 Å². The summed E-state index contributed by atoms with van der Waals surface area (Å²) < 4.78 is 5.88. The van der Waals surface area contributed by atoms with Gasteiger partial charge in [0.05, 0.1) is 23.7 Å². The maximum absolute atomic E-state index is 12.9. The number of hydrogen-bond donors (Lipinski definition) is 3. The van der Waals surface area contributed by atoms with E-state index in [2.05, 4.69) is 0 Å². The Labute approximate surface area is 159 Å². The fourth-order valence-electron chi connectivity index (χ4n) is 4.38. The Balaban J connectivity index is 1.80. The van der Waals surface area contributed by atoms with E-state index in [1.54, 1.807) is 19.1 Å². The van der Waals surface area contributed by atoms with Gasteiger partial charge >= 0.3 is 0 Å². The molecule has 0 aromatic heterocycles. The first-order chi connectivity index (χ1) is 13.2. The molecule has 0 spiro atoms. The summed E-state index contributed by atoms with van der Waals surface area (Å²) in [6.45, 7) is 1.76. The molecule has 3 atom stereocenters. The number of phenolic OH excluding ortho intramolecular Hbond substituents is 1. The number of aliphatic hydroxyl groups excluding tert-OH is 2. The molecule has 1 aliphatic heterocycles. The molecule has 1 aromatic carbocycles. The van der Waals surface area contributed by atoms with Crippen LogP contribution in [0.2, 0.25) is 0 Å². The van der Waals surface area contributed by atoms with Crippen molar-refractivity contribution in [3.8, 4) is 11.8 Å². The number of Topliss-reactive ketones (excluding diaryl/α,β-unsaturated/α-hetero) is 3. The zero-order valence-corrected chi connectivity index (χ0v) is 14.7. The van der Waals surface area contributed by atoms with Gasteiger partial charge in [0, 0.05) is 11.5 Å². The SMILES string of the molecule is C[C@@]12OC[C@@H](C(=O)c3c(O)cccc31)[C@@H]2CC1=C(O)C(=O)C(C#N)=C(O)C1=O. The third-order valence-corrected chi connectivity index (χ3v) is 5.91. The fraction of sp³-hybridized carbons (Fsp3) is 0.300. The van der Waals surface area contributed by atoms with Gasteiger partial charge in [0.15, 0.2) is 17.3 Å². The third-order valence-electron chi connectivity index (χ3n) is 5.91. The Bertz CT molecular complexity index is 1070. The van der Waals surface area contributed by atoms with Crippen LogP contribution in [0.5, 0.6) is 5.75 Å². The molecule has 1 saturated heterocycles. The normalized spacial score (nSPS) is 29.2. The van der Waals surface area contributed by atoms with Crippen LogP contribution in [0.3, 0.4) is 0 Å². The Hall–Kier alpha value is -3.44. The molecule has 2 aliphatic carbocycles. The minimum atomic E-state index is -1.13. The molecule has 3 aliphatic rings. The first-order valence-corrected chi connectivity index (χ1v) is 8.57. The molecule has 8 nitrogen and oxygen atoms in total. The van der Waals surface area contributed by atoms with E-state index in [1.807, 2.05) is 0 Å². The van der Waals surface area contributed by atoms with Gasteiger partial charge in [-0.05, 0) is 25.0 Å². The lowest BCUT2D eigenvalue weighted by Gasteiger charge is -2.38. The molecule has 1 fully saturated rings. The van der Waals surface area contributed by atoms with Crippen LogP contribution >= 0.6 is 0 Å². The van der Waals surface area contributed by atoms with Crippen LogP contribution in [0.1, 0.15) is 29.3 Å². The van der Waals surface area contributed by atoms with Gasteiger partial charge in [0.2, 0.25) is 11.6 Å². The summed E-state index contributed by atoms with van der Waals surface area (Å²) >= 11 is 0. The fourth-order valence-corrected chi connectivity index (χ4v) is 4.38. The Morgan fingerprint density at radius 1 is 1.18 bits per heavy atom. The molecular formula is C20H15NO7. The number of benzene rings is 1. The minimum absolute atomic E-state index is 0.0512. The molecule has 0 radical (unpaired) electrons. The standard InChI is InChI=1S/C20H15NO7/c1-20-11-3-2-4-13(22)14(11)15(23)10(7-28-20)12(20)5-8-16(24)18(26)9(6-21)19(27)17(8)25/h2-4,10,12,22,24,27H,5,7H2,1H3/t10-,12+,20-/m1/s1. The summed E-state index contributed by atoms with van der Waals surface area (Å²) in [5.41, 5.74) is -1.58. The van der Waals surface area contributed by atoms with Gasteiger partial charge in [-0.2, -0.15) is 5.26 Å². The zero-order valence-electron chi connectivity index (χ0n) is 14.7. The van der Waals surface area contributed by atoms with Crippen LogP contribution in [0.15, 0.2) is 40.9 Å². The van der Waals surface area contributed by atoms with Gasteiger partial charge in [-0.25, -0.2) is 0 Å². The number of fused-ring (bicyclic) bond motifs is 4. The second-order valence-electron chi connectivity index (χ2n) is 7.22. The average molecular weight is 381 g/mol. The summed E-state index contributed by atoms with van der Waals surface area (Å²) in [7, 11) is 0. The molecule has 0 unspecified atom stereocenters. The summed E-state index contributed by atoms with van der Waals surface area (Å²) in [5, 5.41) is 39.1. The molecule has 0 amide bonds. The van der Waals surface area contributed by atoms with E-state index in [0.29, 0.717) is 5.56 Å². The Kier molecular flexibility index (Phi) is 3.70. The number of aromatic hydroxyl groups is 1. The van der Waals surface area contributed by atoms with Crippen LogP contribution in [-0.4, -0.2) is 39.3 Å². The molecule has 142 valence electrons. The van der Waals surface area contributed by atoms with E-state index in [1.165, 1.54) is 12.1 Å². The number of carbonyl (C=O) groups excluding carboxylic acids is 3. The number of aliphatic hydroxyl groups is 2. The third kappa shape index (κ3) is 2.11. The van der Waals surface area contributed by atoms with Gasteiger partial charge in [-0.15, -0.1) is 0 Å². The monoisotopic (exact) mass is 381 g/mol. The molecule has 8 heteroatoms. The van der Waals surface area contributed by atoms with Gasteiger partial charge in [0.25, 0.3) is 0 Å². The zero-order chi connectivity index (χ0) is 20.4. The van der Waals surface area contributed by atoms with Crippen molar-refractivity contribution >= 4 is 17.3 Å². The van der Waals surface area contributed by atoms with Gasteiger partial charge in [-0.3, -0.25) is 14.4 Å². The Morgan fingerprint density at radius 2 is 1.89 bits per heavy atom. The second kappa shape index (κ2) is 5.78. The lowest BCUT2D eigenvalue weighted by Crippen LogP contribution is -2.41. The molecular weight excluding hydrogens is 366 g/mol. The maximum Gasteiger partial charge on any atom is 0.242 e. The molecule has 1 aromatic rings. The topological polar surface area (TPSA) is 145 Å². The smallest absolute Gasteiger partial charge is 0.242 e. The number of nitriles is 1. The van der Waals surface area contributed by atoms with Crippen molar-refractivity contribution in [1.29, 1.82) is 5.26 Å². The van der Waals surface area contributed by atoms with Crippen LogP contribution in [-0.2, 0) is 19.9 Å². The van der Waals surface area contributed by atoms with Crippen LogP contribution in [0, 0.1) is 23.2 Å². The maximum atomic E-state index is 12.9. The van der Waals surface area contributed by atoms with E-state index in [-0.39, 0.29) is 35.7 Å². The van der Waals surface area contributed by atoms with Gasteiger partial charge in [-0.1, -0.05) is 12.1 Å². The number of ether oxygens (including phenoxy) is 1. The van der Waals surface area contributed by atoms with Crippen LogP contribution in [0.4, 0.5) is 0 Å². The lowest BCUT2D eigenvalue weighted by molar-refractivity contribution is -0.120.